The van der Waals surface area contributed by atoms with Crippen LogP contribution in [0.1, 0.15) is 46.0 Å². The van der Waals surface area contributed by atoms with E-state index in [1.165, 1.54) is 0 Å². The Hall–Kier alpha value is -1.59. The number of carboxylic acids is 1. The van der Waals surface area contributed by atoms with Crippen molar-refractivity contribution in [3.8, 4) is 0 Å². The Morgan fingerprint density at radius 3 is 2.26 bits per heavy atom. The molecule has 2 amide bonds. The van der Waals surface area contributed by atoms with Gasteiger partial charge in [0, 0.05) is 19.4 Å². The molecular weight excluding hydrogens is 248 g/mol. The number of carbonyl (C=O) groups is 3. The molecule has 0 unspecified atom stereocenters. The lowest BCUT2D eigenvalue weighted by atomic mass is 10.1. The highest BCUT2D eigenvalue weighted by molar-refractivity contribution is 5.84. The molecule has 0 rings (SSSR count). The van der Waals surface area contributed by atoms with Gasteiger partial charge < -0.3 is 15.7 Å². The molecular formula is C13H24N2O4. The number of rotatable bonds is 10. The number of hydrogen-bond donors (Lipinski definition) is 3. The van der Waals surface area contributed by atoms with Crippen molar-refractivity contribution in [1.82, 2.24) is 10.6 Å². The van der Waals surface area contributed by atoms with Crippen molar-refractivity contribution in [2.24, 2.45) is 5.92 Å². The van der Waals surface area contributed by atoms with Crippen LogP contribution in [0, 0.1) is 5.92 Å². The minimum Gasteiger partial charge on any atom is -0.481 e. The van der Waals surface area contributed by atoms with Crippen molar-refractivity contribution in [1.29, 1.82) is 0 Å². The molecule has 0 fully saturated rings. The van der Waals surface area contributed by atoms with Gasteiger partial charge in [-0.15, -0.1) is 0 Å². The first kappa shape index (κ1) is 17.4. The second-order valence-electron chi connectivity index (χ2n) is 4.91. The Morgan fingerprint density at radius 2 is 1.68 bits per heavy atom. The summed E-state index contributed by atoms with van der Waals surface area (Å²) in [5.41, 5.74) is 0. The quantitative estimate of drug-likeness (QED) is 0.515. The van der Waals surface area contributed by atoms with Gasteiger partial charge in [0.05, 0.1) is 6.54 Å². The number of carboxylic acid groups (broad SMARTS) is 1. The summed E-state index contributed by atoms with van der Waals surface area (Å²) in [7, 11) is 0. The van der Waals surface area contributed by atoms with Crippen LogP contribution in [-0.2, 0) is 14.4 Å². The second kappa shape index (κ2) is 10.3. The van der Waals surface area contributed by atoms with Gasteiger partial charge in [0.1, 0.15) is 0 Å². The van der Waals surface area contributed by atoms with Crippen LogP contribution in [0.4, 0.5) is 0 Å². The van der Waals surface area contributed by atoms with Crippen LogP contribution in [0.15, 0.2) is 0 Å². The van der Waals surface area contributed by atoms with Crippen LogP contribution in [-0.4, -0.2) is 36.0 Å². The topological polar surface area (TPSA) is 95.5 Å². The van der Waals surface area contributed by atoms with Crippen LogP contribution in [0.5, 0.6) is 0 Å². The number of unbranched alkanes of at least 4 members (excludes halogenated alkanes) is 1. The van der Waals surface area contributed by atoms with E-state index in [1.54, 1.807) is 0 Å². The van der Waals surface area contributed by atoms with Gasteiger partial charge in [-0.3, -0.25) is 14.4 Å². The van der Waals surface area contributed by atoms with Gasteiger partial charge in [-0.2, -0.15) is 0 Å². The van der Waals surface area contributed by atoms with E-state index in [9.17, 15) is 14.4 Å². The maximum Gasteiger partial charge on any atom is 0.303 e. The summed E-state index contributed by atoms with van der Waals surface area (Å²) in [6.45, 7) is 4.50. The summed E-state index contributed by atoms with van der Waals surface area (Å²) < 4.78 is 0. The van der Waals surface area contributed by atoms with E-state index in [4.69, 9.17) is 5.11 Å². The Labute approximate surface area is 113 Å². The lowest BCUT2D eigenvalue weighted by Gasteiger charge is -2.07. The summed E-state index contributed by atoms with van der Waals surface area (Å²) in [6.07, 6.45) is 2.52. The van der Waals surface area contributed by atoms with E-state index >= 15 is 0 Å². The minimum atomic E-state index is -0.830. The normalized spacial score (nSPS) is 10.3. The van der Waals surface area contributed by atoms with E-state index in [2.05, 4.69) is 10.6 Å². The molecule has 0 heterocycles. The van der Waals surface area contributed by atoms with Crippen LogP contribution in [0.3, 0.4) is 0 Å². The third kappa shape index (κ3) is 12.7. The summed E-state index contributed by atoms with van der Waals surface area (Å²) in [5.74, 6) is -0.722. The highest BCUT2D eigenvalue weighted by Gasteiger charge is 2.06. The van der Waals surface area contributed by atoms with E-state index < -0.39 is 5.97 Å². The predicted octanol–water partition coefficient (Wildman–Crippen LogP) is 0.910. The molecule has 0 aromatic carbocycles. The van der Waals surface area contributed by atoms with Gasteiger partial charge in [0.2, 0.25) is 11.8 Å². The molecule has 0 saturated heterocycles. The first-order valence-corrected chi connectivity index (χ1v) is 6.67. The first-order valence-electron chi connectivity index (χ1n) is 6.67. The van der Waals surface area contributed by atoms with Gasteiger partial charge in [-0.1, -0.05) is 13.8 Å². The molecule has 0 aliphatic rings. The average molecular weight is 272 g/mol. The minimum absolute atomic E-state index is 0.0180. The molecule has 0 aliphatic heterocycles. The van der Waals surface area contributed by atoms with E-state index in [0.717, 1.165) is 6.42 Å². The van der Waals surface area contributed by atoms with Crippen LogP contribution >= 0.6 is 0 Å². The van der Waals surface area contributed by atoms with Gasteiger partial charge in [-0.05, 0) is 25.2 Å². The molecule has 0 radical (unpaired) electrons. The van der Waals surface area contributed by atoms with E-state index in [0.29, 0.717) is 31.7 Å². The molecule has 0 aromatic rings. The van der Waals surface area contributed by atoms with Crippen molar-refractivity contribution in [2.75, 3.05) is 13.1 Å². The fourth-order valence-electron chi connectivity index (χ4n) is 1.38. The standard InChI is InChI=1S/C13H24N2O4/c1-10(2)6-7-11(16)15-9-12(17)14-8-4-3-5-13(18)19/h10H,3-9H2,1-2H3,(H,14,17)(H,15,16)(H,18,19). The molecule has 0 spiro atoms. The zero-order valence-electron chi connectivity index (χ0n) is 11.7. The summed E-state index contributed by atoms with van der Waals surface area (Å²) in [4.78, 5) is 32.9. The lowest BCUT2D eigenvalue weighted by Crippen LogP contribution is -2.37. The number of aliphatic carboxylic acids is 1. The zero-order valence-corrected chi connectivity index (χ0v) is 11.7. The van der Waals surface area contributed by atoms with Crippen molar-refractivity contribution < 1.29 is 19.5 Å². The van der Waals surface area contributed by atoms with Crippen molar-refractivity contribution in [3.05, 3.63) is 0 Å². The largest absolute Gasteiger partial charge is 0.481 e. The highest BCUT2D eigenvalue weighted by Crippen LogP contribution is 2.02. The third-order valence-electron chi connectivity index (χ3n) is 2.53. The molecule has 0 aliphatic carbocycles. The van der Waals surface area contributed by atoms with Crippen molar-refractivity contribution in [2.45, 2.75) is 46.0 Å². The van der Waals surface area contributed by atoms with Crippen molar-refractivity contribution in [3.63, 3.8) is 0 Å². The van der Waals surface area contributed by atoms with Crippen LogP contribution in [0.2, 0.25) is 0 Å². The van der Waals surface area contributed by atoms with Gasteiger partial charge in [0.25, 0.3) is 0 Å². The fourth-order valence-corrected chi connectivity index (χ4v) is 1.38. The van der Waals surface area contributed by atoms with Crippen LogP contribution < -0.4 is 10.6 Å². The Bertz CT molecular complexity index is 303. The number of amides is 2. The number of hydrogen-bond acceptors (Lipinski definition) is 3. The van der Waals surface area contributed by atoms with Gasteiger partial charge in [0.15, 0.2) is 0 Å². The molecule has 0 bridgehead atoms. The van der Waals surface area contributed by atoms with Crippen molar-refractivity contribution >= 4 is 17.8 Å². The molecule has 6 nitrogen and oxygen atoms in total. The predicted molar refractivity (Wildman–Crippen MR) is 71.6 cm³/mol. The molecule has 19 heavy (non-hydrogen) atoms. The lowest BCUT2D eigenvalue weighted by molar-refractivity contribution is -0.137. The SMILES string of the molecule is CC(C)CCC(=O)NCC(=O)NCCCCC(=O)O. The van der Waals surface area contributed by atoms with Gasteiger partial charge >= 0.3 is 5.97 Å². The maximum atomic E-state index is 11.3. The summed E-state index contributed by atoms with van der Waals surface area (Å²) in [5, 5.41) is 13.6. The number of carbonyl (C=O) groups excluding carboxylic acids is 2. The summed E-state index contributed by atoms with van der Waals surface area (Å²) in [6, 6.07) is 0. The monoisotopic (exact) mass is 272 g/mol. The van der Waals surface area contributed by atoms with E-state index in [-0.39, 0.29) is 24.8 Å². The number of nitrogens with one attached hydrogen (secondary N) is 2. The molecule has 0 saturated carbocycles. The summed E-state index contributed by atoms with van der Waals surface area (Å²) >= 11 is 0. The first-order chi connectivity index (χ1) is 8.91. The fraction of sp³-hybridized carbons (Fsp3) is 0.769. The molecule has 110 valence electrons. The van der Waals surface area contributed by atoms with E-state index in [1.807, 2.05) is 13.8 Å². The Balaban J connectivity index is 3.48. The Morgan fingerprint density at radius 1 is 1.00 bits per heavy atom. The molecule has 0 atom stereocenters. The van der Waals surface area contributed by atoms with Gasteiger partial charge in [-0.25, -0.2) is 0 Å². The Kier molecular flexibility index (Phi) is 9.48. The van der Waals surface area contributed by atoms with Crippen LogP contribution in [0.25, 0.3) is 0 Å². The highest BCUT2D eigenvalue weighted by atomic mass is 16.4. The average Bonchev–Trinajstić information content (AvgIpc) is 2.33. The third-order valence-corrected chi connectivity index (χ3v) is 2.53. The molecule has 3 N–H and O–H groups in total. The molecule has 6 heteroatoms. The maximum absolute atomic E-state index is 11.3. The molecule has 0 aromatic heterocycles. The smallest absolute Gasteiger partial charge is 0.303 e. The second-order valence-corrected chi connectivity index (χ2v) is 4.91. The zero-order chi connectivity index (χ0) is 14.7.